The second kappa shape index (κ2) is 8.50. The van der Waals surface area contributed by atoms with E-state index in [1.807, 2.05) is 11.0 Å². The molecule has 0 spiro atoms. The number of hydrogen-bond donors (Lipinski definition) is 1. The maximum Gasteiger partial charge on any atom is 0.276 e. The van der Waals surface area contributed by atoms with E-state index in [0.29, 0.717) is 11.4 Å². The molecule has 2 aliphatic heterocycles. The number of likely N-dealkylation sites (tertiary alicyclic amines) is 2. The van der Waals surface area contributed by atoms with Crippen molar-refractivity contribution in [2.24, 2.45) is 5.92 Å². The number of imidazole rings is 1. The van der Waals surface area contributed by atoms with Crippen LogP contribution >= 0.6 is 0 Å². The molecule has 2 fully saturated rings. The van der Waals surface area contributed by atoms with Crippen molar-refractivity contribution in [3.63, 3.8) is 0 Å². The van der Waals surface area contributed by atoms with Crippen molar-refractivity contribution in [3.8, 4) is 0 Å². The number of aromatic nitrogens is 4. The second-order valence-corrected chi connectivity index (χ2v) is 9.30. The molecule has 0 saturated carbocycles. The molecule has 2 aromatic heterocycles. The SMILES string of the molecule is CC(=O)N1CCC(c2ncc3c(=O)[nH]c(C4CN(Cc5ccccc5)CC4C)nn23)CC1. The summed E-state index contributed by atoms with van der Waals surface area (Å²) in [4.78, 5) is 36.4. The van der Waals surface area contributed by atoms with Crippen molar-refractivity contribution in [2.75, 3.05) is 26.2 Å². The van der Waals surface area contributed by atoms with Gasteiger partial charge in [0.2, 0.25) is 5.91 Å². The lowest BCUT2D eigenvalue weighted by molar-refractivity contribution is -0.129. The van der Waals surface area contributed by atoms with Crippen LogP contribution < -0.4 is 5.56 Å². The molecule has 1 amide bonds. The predicted molar refractivity (Wildman–Crippen MR) is 121 cm³/mol. The molecule has 1 N–H and O–H groups in total. The summed E-state index contributed by atoms with van der Waals surface area (Å²) in [5.41, 5.74) is 1.65. The Hall–Kier alpha value is -3.00. The number of H-pyrrole nitrogens is 1. The topological polar surface area (TPSA) is 86.6 Å². The van der Waals surface area contributed by atoms with E-state index in [1.54, 1.807) is 17.6 Å². The van der Waals surface area contributed by atoms with E-state index in [0.717, 1.165) is 57.2 Å². The van der Waals surface area contributed by atoms with Crippen molar-refractivity contribution in [3.05, 3.63) is 64.1 Å². The third-order valence-electron chi connectivity index (χ3n) is 7.04. The van der Waals surface area contributed by atoms with Crippen LogP contribution in [0.4, 0.5) is 0 Å². The van der Waals surface area contributed by atoms with Gasteiger partial charge in [-0.1, -0.05) is 37.3 Å². The lowest BCUT2D eigenvalue weighted by Crippen LogP contribution is -2.36. The fraction of sp³-hybridized carbons (Fsp3) is 0.500. The standard InChI is InChI=1S/C24H30N6O2/c1-16-13-28(14-18-6-4-3-5-7-18)15-20(16)22-26-24(32)21-12-25-23(30(21)27-22)19-8-10-29(11-9-19)17(2)31/h3-7,12,16,19-20H,8-11,13-15H2,1-2H3,(H,26,27,32). The first-order chi connectivity index (χ1) is 15.5. The Morgan fingerprint density at radius 2 is 1.91 bits per heavy atom. The van der Waals surface area contributed by atoms with Crippen LogP contribution in [0.3, 0.4) is 0 Å². The number of aromatic amines is 1. The molecule has 1 aromatic carbocycles. The van der Waals surface area contributed by atoms with E-state index < -0.39 is 0 Å². The van der Waals surface area contributed by atoms with Gasteiger partial charge in [-0.25, -0.2) is 9.50 Å². The highest BCUT2D eigenvalue weighted by Gasteiger charge is 2.33. The average molecular weight is 435 g/mol. The smallest absolute Gasteiger partial charge is 0.276 e. The number of rotatable bonds is 4. The Labute approximate surface area is 187 Å². The summed E-state index contributed by atoms with van der Waals surface area (Å²) in [5.74, 6) is 2.46. The zero-order chi connectivity index (χ0) is 22.2. The molecule has 2 atom stereocenters. The first-order valence-corrected chi connectivity index (χ1v) is 11.5. The van der Waals surface area contributed by atoms with Crippen molar-refractivity contribution < 1.29 is 4.79 Å². The Balaban J connectivity index is 1.39. The van der Waals surface area contributed by atoms with Gasteiger partial charge >= 0.3 is 0 Å². The molecule has 0 radical (unpaired) electrons. The summed E-state index contributed by atoms with van der Waals surface area (Å²) in [7, 11) is 0. The van der Waals surface area contributed by atoms with Gasteiger partial charge < -0.3 is 9.88 Å². The normalized spacial score (nSPS) is 22.6. The molecule has 0 aliphatic carbocycles. The van der Waals surface area contributed by atoms with Crippen LogP contribution in [-0.4, -0.2) is 61.5 Å². The van der Waals surface area contributed by atoms with Crippen molar-refractivity contribution in [1.82, 2.24) is 29.4 Å². The Kier molecular flexibility index (Phi) is 5.55. The maximum absolute atomic E-state index is 12.9. The monoisotopic (exact) mass is 434 g/mol. The second-order valence-electron chi connectivity index (χ2n) is 9.30. The molecule has 2 saturated heterocycles. The van der Waals surface area contributed by atoms with Gasteiger partial charge in [-0.2, -0.15) is 5.10 Å². The minimum atomic E-state index is -0.136. The van der Waals surface area contributed by atoms with Crippen LogP contribution in [0.15, 0.2) is 41.3 Å². The van der Waals surface area contributed by atoms with E-state index in [2.05, 4.69) is 46.1 Å². The number of carbonyl (C=O) groups excluding carboxylic acids is 1. The molecular weight excluding hydrogens is 404 g/mol. The predicted octanol–water partition coefficient (Wildman–Crippen LogP) is 2.38. The van der Waals surface area contributed by atoms with Crippen LogP contribution in [-0.2, 0) is 11.3 Å². The highest BCUT2D eigenvalue weighted by Crippen LogP contribution is 2.32. The molecular formula is C24H30N6O2. The lowest BCUT2D eigenvalue weighted by Gasteiger charge is -2.30. The van der Waals surface area contributed by atoms with Gasteiger partial charge in [-0.05, 0) is 24.3 Å². The minimum absolute atomic E-state index is 0.114. The highest BCUT2D eigenvalue weighted by molar-refractivity contribution is 5.73. The Morgan fingerprint density at radius 3 is 2.62 bits per heavy atom. The number of carbonyl (C=O) groups is 1. The molecule has 2 unspecified atom stereocenters. The van der Waals surface area contributed by atoms with Gasteiger partial charge in [0.05, 0.1) is 6.20 Å². The molecule has 0 bridgehead atoms. The van der Waals surface area contributed by atoms with Gasteiger partial charge in [0.15, 0.2) is 5.52 Å². The van der Waals surface area contributed by atoms with E-state index in [4.69, 9.17) is 5.10 Å². The van der Waals surface area contributed by atoms with Crippen LogP contribution in [0, 0.1) is 5.92 Å². The summed E-state index contributed by atoms with van der Waals surface area (Å²) < 4.78 is 1.76. The summed E-state index contributed by atoms with van der Waals surface area (Å²) in [6, 6.07) is 10.5. The zero-order valence-electron chi connectivity index (χ0n) is 18.7. The van der Waals surface area contributed by atoms with Gasteiger partial charge in [0.1, 0.15) is 11.6 Å². The zero-order valence-corrected chi connectivity index (χ0v) is 18.7. The van der Waals surface area contributed by atoms with Gasteiger partial charge in [0, 0.05) is 51.5 Å². The first kappa shape index (κ1) is 20.9. The molecule has 4 heterocycles. The van der Waals surface area contributed by atoms with E-state index in [-0.39, 0.29) is 23.3 Å². The number of piperidine rings is 1. The van der Waals surface area contributed by atoms with Crippen LogP contribution in [0.2, 0.25) is 0 Å². The van der Waals surface area contributed by atoms with Gasteiger partial charge in [0.25, 0.3) is 5.56 Å². The first-order valence-electron chi connectivity index (χ1n) is 11.5. The quantitative estimate of drug-likeness (QED) is 0.681. The Bertz CT molecular complexity index is 1160. The summed E-state index contributed by atoms with van der Waals surface area (Å²) in [6.45, 7) is 8.03. The number of amides is 1. The van der Waals surface area contributed by atoms with Crippen molar-refractivity contribution in [2.45, 2.75) is 45.1 Å². The molecule has 32 heavy (non-hydrogen) atoms. The van der Waals surface area contributed by atoms with E-state index >= 15 is 0 Å². The number of hydrogen-bond acceptors (Lipinski definition) is 5. The molecule has 8 heteroatoms. The third kappa shape index (κ3) is 3.95. The fourth-order valence-electron chi connectivity index (χ4n) is 5.22. The number of nitrogens with zero attached hydrogens (tertiary/aromatic N) is 5. The highest BCUT2D eigenvalue weighted by atomic mass is 16.2. The molecule has 2 aliphatic rings. The Morgan fingerprint density at radius 1 is 1.16 bits per heavy atom. The van der Waals surface area contributed by atoms with Crippen LogP contribution in [0.5, 0.6) is 0 Å². The van der Waals surface area contributed by atoms with E-state index in [1.165, 1.54) is 5.56 Å². The number of nitrogens with one attached hydrogen (secondary N) is 1. The summed E-state index contributed by atoms with van der Waals surface area (Å²) >= 11 is 0. The average Bonchev–Trinajstić information content (AvgIpc) is 3.38. The lowest BCUT2D eigenvalue weighted by atomic mass is 9.96. The molecule has 5 rings (SSSR count). The largest absolute Gasteiger partial charge is 0.343 e. The summed E-state index contributed by atoms with van der Waals surface area (Å²) in [6.07, 6.45) is 3.31. The third-order valence-corrected chi connectivity index (χ3v) is 7.04. The maximum atomic E-state index is 12.9. The van der Waals surface area contributed by atoms with Gasteiger partial charge in [-0.3, -0.25) is 14.5 Å². The molecule has 8 nitrogen and oxygen atoms in total. The van der Waals surface area contributed by atoms with E-state index in [9.17, 15) is 9.59 Å². The van der Waals surface area contributed by atoms with Crippen LogP contribution in [0.1, 0.15) is 55.7 Å². The van der Waals surface area contributed by atoms with Crippen LogP contribution in [0.25, 0.3) is 5.52 Å². The van der Waals surface area contributed by atoms with Gasteiger partial charge in [-0.15, -0.1) is 0 Å². The molecule has 168 valence electrons. The van der Waals surface area contributed by atoms with Crippen molar-refractivity contribution >= 4 is 11.4 Å². The summed E-state index contributed by atoms with van der Waals surface area (Å²) in [5, 5.41) is 4.89. The minimum Gasteiger partial charge on any atom is -0.343 e. The molecule has 3 aromatic rings. The number of benzene rings is 1. The fourth-order valence-corrected chi connectivity index (χ4v) is 5.22. The number of fused-ring (bicyclic) bond motifs is 1. The van der Waals surface area contributed by atoms with Crippen molar-refractivity contribution in [1.29, 1.82) is 0 Å².